The summed E-state index contributed by atoms with van der Waals surface area (Å²) in [5.74, 6) is 5.08. The Morgan fingerprint density at radius 2 is 1.88 bits per heavy atom. The molecule has 92 valence electrons. The maximum atomic E-state index is 10.5. The second-order valence-electron chi connectivity index (χ2n) is 3.27. The second kappa shape index (κ2) is 5.46. The molecule has 17 heavy (non-hydrogen) atoms. The normalized spacial score (nSPS) is 10.5. The molecular formula is C10H13N3O3S. The molecule has 0 atom stereocenters. The largest absolute Gasteiger partial charge is 0.323 e. The van der Waals surface area contributed by atoms with Gasteiger partial charge in [0, 0.05) is 6.20 Å². The highest BCUT2D eigenvalue weighted by atomic mass is 32.2. The van der Waals surface area contributed by atoms with E-state index in [1.807, 2.05) is 6.92 Å². The lowest BCUT2D eigenvalue weighted by Crippen LogP contribution is -2.06. The van der Waals surface area contributed by atoms with Crippen LogP contribution in [-0.4, -0.2) is 22.9 Å². The van der Waals surface area contributed by atoms with Crippen molar-refractivity contribution in [2.24, 2.45) is 0 Å². The monoisotopic (exact) mass is 255 g/mol. The number of nitrogens with zero attached hydrogens (tertiary/aromatic N) is 2. The first-order valence-electron chi connectivity index (χ1n) is 4.68. The molecule has 0 amide bonds. The molecular weight excluding hydrogens is 242 g/mol. The molecule has 3 N–H and O–H groups in total. The number of benzene rings is 1. The third kappa shape index (κ3) is 4.66. The predicted molar refractivity (Wildman–Crippen MR) is 63.4 cm³/mol. The van der Waals surface area contributed by atoms with Gasteiger partial charge in [-0.15, -0.1) is 0 Å². The zero-order valence-corrected chi connectivity index (χ0v) is 10.0. The van der Waals surface area contributed by atoms with E-state index in [9.17, 15) is 8.42 Å². The van der Waals surface area contributed by atoms with Crippen LogP contribution in [0.4, 0.5) is 0 Å². The molecule has 0 aliphatic rings. The topological polar surface area (TPSA) is 98.2 Å². The van der Waals surface area contributed by atoms with Gasteiger partial charge in [0.05, 0.1) is 11.1 Å². The number of hydrogen-bond acceptors (Lipinski definition) is 4. The van der Waals surface area contributed by atoms with Crippen LogP contribution in [0, 0.1) is 6.92 Å². The lowest BCUT2D eigenvalue weighted by atomic mass is 10.2. The van der Waals surface area contributed by atoms with Crippen molar-refractivity contribution in [2.75, 3.05) is 5.84 Å². The molecule has 7 heteroatoms. The molecule has 1 heterocycles. The molecule has 6 nitrogen and oxygen atoms in total. The van der Waals surface area contributed by atoms with Crippen molar-refractivity contribution in [3.63, 3.8) is 0 Å². The SMILES string of the molecule is Cc1ccc(S(=O)(=O)O)cc1.Nn1cccn1. The molecule has 0 bridgehead atoms. The first-order valence-corrected chi connectivity index (χ1v) is 6.12. The fourth-order valence-electron chi connectivity index (χ4n) is 0.991. The molecule has 0 aliphatic carbocycles. The van der Waals surface area contributed by atoms with Crippen molar-refractivity contribution in [3.8, 4) is 0 Å². The van der Waals surface area contributed by atoms with Crippen LogP contribution in [0.2, 0.25) is 0 Å². The fraction of sp³-hybridized carbons (Fsp3) is 0.100. The summed E-state index contributed by atoms with van der Waals surface area (Å²) in [6.07, 6.45) is 3.29. The molecule has 0 saturated heterocycles. The Balaban J connectivity index is 0.000000202. The van der Waals surface area contributed by atoms with E-state index in [-0.39, 0.29) is 4.90 Å². The van der Waals surface area contributed by atoms with E-state index in [4.69, 9.17) is 10.4 Å². The van der Waals surface area contributed by atoms with Crippen molar-refractivity contribution < 1.29 is 13.0 Å². The van der Waals surface area contributed by atoms with Gasteiger partial charge in [-0.3, -0.25) is 4.55 Å². The Morgan fingerprint density at radius 3 is 2.18 bits per heavy atom. The molecule has 1 aromatic carbocycles. The van der Waals surface area contributed by atoms with Gasteiger partial charge in [-0.2, -0.15) is 18.3 Å². The summed E-state index contributed by atoms with van der Waals surface area (Å²) in [5, 5.41) is 3.61. The Labute approximate surface area is 99.4 Å². The summed E-state index contributed by atoms with van der Waals surface area (Å²) in [7, 11) is -4.02. The Kier molecular flexibility index (Phi) is 4.24. The van der Waals surface area contributed by atoms with E-state index < -0.39 is 10.1 Å². The maximum Gasteiger partial charge on any atom is 0.294 e. The highest BCUT2D eigenvalue weighted by molar-refractivity contribution is 7.85. The van der Waals surface area contributed by atoms with E-state index in [1.54, 1.807) is 30.6 Å². The standard InChI is InChI=1S/C7H8O3S.C3H5N3/c1-6-2-4-7(5-3-6)11(8,9)10;4-6-3-1-2-5-6/h2-5H,1H3,(H,8,9,10);1-3H,4H2. The van der Waals surface area contributed by atoms with Crippen LogP contribution < -0.4 is 5.84 Å². The van der Waals surface area contributed by atoms with Crippen LogP contribution in [0.1, 0.15) is 5.56 Å². The molecule has 0 radical (unpaired) electrons. The fourth-order valence-corrected chi connectivity index (χ4v) is 1.47. The van der Waals surface area contributed by atoms with Crippen LogP contribution >= 0.6 is 0 Å². The van der Waals surface area contributed by atoms with Gasteiger partial charge in [-0.1, -0.05) is 17.7 Å². The molecule has 0 saturated carbocycles. The van der Waals surface area contributed by atoms with Crippen LogP contribution in [-0.2, 0) is 10.1 Å². The van der Waals surface area contributed by atoms with E-state index in [0.717, 1.165) is 5.56 Å². The molecule has 2 rings (SSSR count). The zero-order valence-electron chi connectivity index (χ0n) is 9.19. The first-order chi connectivity index (χ1) is 7.89. The number of aromatic nitrogens is 2. The third-order valence-electron chi connectivity index (χ3n) is 1.84. The molecule has 0 fully saturated rings. The molecule has 1 aromatic heterocycles. The number of nitrogen functional groups attached to an aromatic ring is 1. The smallest absolute Gasteiger partial charge is 0.294 e. The Bertz CT molecular complexity index is 547. The Hall–Kier alpha value is -1.86. The van der Waals surface area contributed by atoms with E-state index in [2.05, 4.69) is 5.10 Å². The lowest BCUT2D eigenvalue weighted by molar-refractivity contribution is 0.483. The predicted octanol–water partition coefficient (Wildman–Crippen LogP) is 0.839. The van der Waals surface area contributed by atoms with Crippen LogP contribution in [0.3, 0.4) is 0 Å². The van der Waals surface area contributed by atoms with E-state index >= 15 is 0 Å². The van der Waals surface area contributed by atoms with E-state index in [0.29, 0.717) is 0 Å². The van der Waals surface area contributed by atoms with Crippen LogP contribution in [0.5, 0.6) is 0 Å². The van der Waals surface area contributed by atoms with Crippen LogP contribution in [0.15, 0.2) is 47.6 Å². The van der Waals surface area contributed by atoms with Crippen molar-refractivity contribution in [3.05, 3.63) is 48.3 Å². The minimum atomic E-state index is -4.02. The summed E-state index contributed by atoms with van der Waals surface area (Å²) >= 11 is 0. The quantitative estimate of drug-likeness (QED) is 0.581. The number of aryl methyl sites for hydroxylation is 1. The summed E-state index contributed by atoms with van der Waals surface area (Å²) in [6.45, 7) is 1.84. The maximum absolute atomic E-state index is 10.5. The van der Waals surface area contributed by atoms with Gasteiger partial charge in [0.2, 0.25) is 0 Å². The van der Waals surface area contributed by atoms with Gasteiger partial charge in [0.1, 0.15) is 0 Å². The minimum Gasteiger partial charge on any atom is -0.323 e. The van der Waals surface area contributed by atoms with Crippen molar-refractivity contribution in [1.82, 2.24) is 9.89 Å². The molecule has 0 aliphatic heterocycles. The summed E-state index contributed by atoms with van der Waals surface area (Å²) < 4.78 is 29.6. The number of hydrogen-bond donors (Lipinski definition) is 2. The second-order valence-corrected chi connectivity index (χ2v) is 4.70. The zero-order chi connectivity index (χ0) is 12.9. The van der Waals surface area contributed by atoms with Gasteiger partial charge >= 0.3 is 0 Å². The highest BCUT2D eigenvalue weighted by Gasteiger charge is 2.06. The van der Waals surface area contributed by atoms with Crippen molar-refractivity contribution in [1.29, 1.82) is 0 Å². The first kappa shape index (κ1) is 13.2. The van der Waals surface area contributed by atoms with Gasteiger partial charge < -0.3 is 5.84 Å². The number of rotatable bonds is 1. The average Bonchev–Trinajstić information content (AvgIpc) is 2.69. The average molecular weight is 255 g/mol. The van der Waals surface area contributed by atoms with Crippen LogP contribution in [0.25, 0.3) is 0 Å². The van der Waals surface area contributed by atoms with Gasteiger partial charge in [-0.05, 0) is 25.1 Å². The highest BCUT2D eigenvalue weighted by Crippen LogP contribution is 2.08. The van der Waals surface area contributed by atoms with Gasteiger partial charge in [-0.25, -0.2) is 0 Å². The Morgan fingerprint density at radius 1 is 1.29 bits per heavy atom. The minimum absolute atomic E-state index is 0.0666. The summed E-state index contributed by atoms with van der Waals surface area (Å²) in [5.41, 5.74) is 0.956. The summed E-state index contributed by atoms with van der Waals surface area (Å²) in [6, 6.07) is 7.75. The van der Waals surface area contributed by atoms with Crippen molar-refractivity contribution in [2.45, 2.75) is 11.8 Å². The molecule has 0 spiro atoms. The molecule has 0 unspecified atom stereocenters. The van der Waals surface area contributed by atoms with Gasteiger partial charge in [0.25, 0.3) is 10.1 Å². The third-order valence-corrected chi connectivity index (χ3v) is 2.71. The van der Waals surface area contributed by atoms with Gasteiger partial charge in [0.15, 0.2) is 0 Å². The number of nitrogens with two attached hydrogens (primary N) is 1. The summed E-state index contributed by atoms with van der Waals surface area (Å²) in [4.78, 5) is 1.18. The van der Waals surface area contributed by atoms with E-state index in [1.165, 1.54) is 16.9 Å². The lowest BCUT2D eigenvalue weighted by Gasteiger charge is -1.95. The van der Waals surface area contributed by atoms with Crippen molar-refractivity contribution >= 4 is 10.1 Å². The molecule has 2 aromatic rings.